The highest BCUT2D eigenvalue weighted by molar-refractivity contribution is 7.45. The molecular formula is C30H10F2N2S8. The van der Waals surface area contributed by atoms with Crippen molar-refractivity contribution < 1.29 is 8.78 Å². The van der Waals surface area contributed by atoms with E-state index >= 15 is 0 Å². The predicted octanol–water partition coefficient (Wildman–Crippen LogP) is 13.2. The lowest BCUT2D eigenvalue weighted by Gasteiger charge is -2.03. The fourth-order valence-corrected chi connectivity index (χ4v) is 15.9. The number of fused-ring (bicyclic) bond motifs is 10. The Morgan fingerprint density at radius 1 is 0.405 bits per heavy atom. The van der Waals surface area contributed by atoms with Crippen LogP contribution in [-0.4, -0.2) is 9.97 Å². The maximum Gasteiger partial charge on any atom is 0.178 e. The molecule has 0 unspecified atom stereocenters. The first-order valence-electron chi connectivity index (χ1n) is 12.6. The van der Waals surface area contributed by atoms with Crippen LogP contribution in [0, 0.1) is 10.3 Å². The molecule has 0 aliphatic rings. The zero-order valence-electron chi connectivity index (χ0n) is 20.7. The molecule has 0 saturated carbocycles. The summed E-state index contributed by atoms with van der Waals surface area (Å²) in [7, 11) is 0. The Hall–Kier alpha value is -2.68. The third-order valence-corrected chi connectivity index (χ3v) is 17.4. The molecule has 10 aromatic rings. The van der Waals surface area contributed by atoms with E-state index in [0.717, 1.165) is 41.3 Å². The van der Waals surface area contributed by atoms with Crippen LogP contribution >= 0.6 is 90.7 Å². The van der Waals surface area contributed by atoms with Gasteiger partial charge in [0.2, 0.25) is 0 Å². The Morgan fingerprint density at radius 2 is 0.786 bits per heavy atom. The molecular weight excluding hydrogens is 683 g/mol. The Labute approximate surface area is 267 Å². The molecule has 0 amide bonds. The maximum absolute atomic E-state index is 13.7. The van der Waals surface area contributed by atoms with Gasteiger partial charge >= 0.3 is 0 Å². The van der Waals surface area contributed by atoms with Crippen molar-refractivity contribution in [2.45, 2.75) is 0 Å². The van der Waals surface area contributed by atoms with Crippen LogP contribution < -0.4 is 0 Å². The van der Waals surface area contributed by atoms with E-state index in [1.807, 2.05) is 24.5 Å². The van der Waals surface area contributed by atoms with Gasteiger partial charge in [0.25, 0.3) is 0 Å². The van der Waals surface area contributed by atoms with Crippen molar-refractivity contribution in [2.75, 3.05) is 0 Å². The van der Waals surface area contributed by atoms with Gasteiger partial charge in [0.15, 0.2) is 10.3 Å². The summed E-state index contributed by atoms with van der Waals surface area (Å²) in [6.45, 7) is 0. The van der Waals surface area contributed by atoms with Crippen LogP contribution in [0.25, 0.3) is 88.7 Å². The molecule has 0 aromatic carbocycles. The van der Waals surface area contributed by atoms with Crippen molar-refractivity contribution in [3.05, 3.63) is 71.2 Å². The van der Waals surface area contributed by atoms with Crippen molar-refractivity contribution in [3.8, 4) is 32.3 Å². The molecule has 10 heterocycles. The molecule has 0 fully saturated rings. The summed E-state index contributed by atoms with van der Waals surface area (Å²) in [4.78, 5) is 11.9. The second kappa shape index (κ2) is 8.93. The standard InChI is InChI=1S/C30H10F2N2S8/c31-21-7-19-25(41-21)29-27(39-19)23-17(37-29)5-15(35-23)11-1-3-13(33-9-11)14-4-2-12(10-34-14)16-6-18-24(36-16)28-30(38-18)26-20(40-28)8-22(32)42-26/h1-10H. The average Bonchev–Trinajstić information content (AvgIpc) is 3.83. The van der Waals surface area contributed by atoms with Crippen molar-refractivity contribution in [3.63, 3.8) is 0 Å². The van der Waals surface area contributed by atoms with E-state index in [1.54, 1.807) is 80.2 Å². The fraction of sp³-hybridized carbons (Fsp3) is 0. The second-order valence-corrected chi connectivity index (χ2v) is 18.0. The molecule has 0 radical (unpaired) electrons. The minimum absolute atomic E-state index is 0.114. The molecule has 0 saturated heterocycles. The van der Waals surface area contributed by atoms with Gasteiger partial charge in [-0.3, -0.25) is 9.97 Å². The van der Waals surface area contributed by atoms with Crippen LogP contribution in [0.4, 0.5) is 8.78 Å². The summed E-state index contributed by atoms with van der Waals surface area (Å²) in [6.07, 6.45) is 3.85. The van der Waals surface area contributed by atoms with E-state index in [-0.39, 0.29) is 10.3 Å². The Kier molecular flexibility index (Phi) is 5.26. The lowest BCUT2D eigenvalue weighted by molar-refractivity contribution is 0.658. The van der Waals surface area contributed by atoms with E-state index < -0.39 is 0 Å². The summed E-state index contributed by atoms with van der Waals surface area (Å²) in [6, 6.07) is 16.1. The van der Waals surface area contributed by atoms with E-state index in [1.165, 1.54) is 70.0 Å². The zero-order valence-corrected chi connectivity index (χ0v) is 27.2. The van der Waals surface area contributed by atoms with Gasteiger partial charge in [-0.15, -0.1) is 90.7 Å². The van der Waals surface area contributed by atoms with Gasteiger partial charge in [0.1, 0.15) is 0 Å². The highest BCUT2D eigenvalue weighted by Gasteiger charge is 2.19. The third kappa shape index (κ3) is 3.58. The van der Waals surface area contributed by atoms with E-state index in [4.69, 9.17) is 9.97 Å². The van der Waals surface area contributed by atoms with E-state index in [0.29, 0.717) is 0 Å². The van der Waals surface area contributed by atoms with Crippen molar-refractivity contribution in [2.24, 2.45) is 0 Å². The number of rotatable bonds is 3. The number of pyridine rings is 2. The minimum Gasteiger partial charge on any atom is -0.254 e. The van der Waals surface area contributed by atoms with Gasteiger partial charge < -0.3 is 0 Å². The van der Waals surface area contributed by atoms with Crippen LogP contribution in [-0.2, 0) is 0 Å². The third-order valence-electron chi connectivity index (χ3n) is 7.18. The molecule has 0 aliphatic carbocycles. The first kappa shape index (κ1) is 24.7. The minimum atomic E-state index is -0.114. The van der Waals surface area contributed by atoms with Crippen LogP contribution in [0.5, 0.6) is 0 Å². The van der Waals surface area contributed by atoms with Gasteiger partial charge in [0.05, 0.1) is 58.4 Å². The van der Waals surface area contributed by atoms with Gasteiger partial charge in [-0.25, -0.2) is 0 Å². The molecule has 10 aromatic heterocycles. The molecule has 42 heavy (non-hydrogen) atoms. The Morgan fingerprint density at radius 3 is 1.17 bits per heavy atom. The molecule has 12 heteroatoms. The molecule has 10 rings (SSSR count). The van der Waals surface area contributed by atoms with Crippen LogP contribution in [0.1, 0.15) is 0 Å². The van der Waals surface area contributed by atoms with Gasteiger partial charge in [-0.1, -0.05) is 0 Å². The maximum atomic E-state index is 13.7. The van der Waals surface area contributed by atoms with Crippen molar-refractivity contribution >= 4 is 147 Å². The van der Waals surface area contributed by atoms with Crippen molar-refractivity contribution in [1.82, 2.24) is 9.97 Å². The topological polar surface area (TPSA) is 25.8 Å². The van der Waals surface area contributed by atoms with Gasteiger partial charge in [-0.05, 0) is 36.4 Å². The molecule has 2 nitrogen and oxygen atoms in total. The monoisotopic (exact) mass is 692 g/mol. The lowest BCUT2D eigenvalue weighted by atomic mass is 10.1. The molecule has 0 aliphatic heterocycles. The molecule has 0 N–H and O–H groups in total. The van der Waals surface area contributed by atoms with Crippen LogP contribution in [0.3, 0.4) is 0 Å². The molecule has 202 valence electrons. The fourth-order valence-electron chi connectivity index (χ4n) is 5.27. The normalized spacial score (nSPS) is 12.5. The highest BCUT2D eigenvalue weighted by atomic mass is 32.1. The van der Waals surface area contributed by atoms with Gasteiger partial charge in [0, 0.05) is 54.8 Å². The summed E-state index contributed by atoms with van der Waals surface area (Å²) in [5, 5.41) is -0.229. The zero-order chi connectivity index (χ0) is 27.7. The smallest absolute Gasteiger partial charge is 0.178 e. The summed E-state index contributed by atoms with van der Waals surface area (Å²) < 4.78 is 41.7. The summed E-state index contributed by atoms with van der Waals surface area (Å²) in [5.74, 6) is 0. The van der Waals surface area contributed by atoms with Gasteiger partial charge in [-0.2, -0.15) is 8.78 Å². The quantitative estimate of drug-likeness (QED) is 0.184. The molecule has 0 spiro atoms. The van der Waals surface area contributed by atoms with Crippen LogP contribution in [0.15, 0.2) is 60.9 Å². The number of hydrogen-bond acceptors (Lipinski definition) is 10. The highest BCUT2D eigenvalue weighted by Crippen LogP contribution is 2.52. The molecule has 0 atom stereocenters. The number of thiophene rings is 8. The first-order chi connectivity index (χ1) is 20.6. The largest absolute Gasteiger partial charge is 0.254 e. The Balaban J connectivity index is 0.941. The van der Waals surface area contributed by atoms with E-state index in [2.05, 4.69) is 24.3 Å². The number of halogens is 2. The van der Waals surface area contributed by atoms with Crippen LogP contribution in [0.2, 0.25) is 0 Å². The summed E-state index contributed by atoms with van der Waals surface area (Å²) >= 11 is 12.9. The number of hydrogen-bond donors (Lipinski definition) is 0. The lowest BCUT2D eigenvalue weighted by Crippen LogP contribution is -1.87. The SMILES string of the molecule is Fc1cc2sc3c4sc(-c5ccc(-c6ccc(-c7cc8sc9c%10sc(F)cc%10sc9c8s7)cn6)nc5)cc4sc3c2s1. The second-order valence-electron chi connectivity index (χ2n) is 9.68. The number of nitrogens with zero attached hydrogens (tertiary/aromatic N) is 2. The number of aromatic nitrogens is 2. The average molecular weight is 693 g/mol. The first-order valence-corrected chi connectivity index (χ1v) is 19.1. The predicted molar refractivity (Wildman–Crippen MR) is 186 cm³/mol. The summed E-state index contributed by atoms with van der Waals surface area (Å²) in [5.41, 5.74) is 3.85. The van der Waals surface area contributed by atoms with E-state index in [9.17, 15) is 8.78 Å². The van der Waals surface area contributed by atoms with Crippen molar-refractivity contribution in [1.29, 1.82) is 0 Å². The molecule has 0 bridgehead atoms. The Bertz CT molecular complexity index is 2460.